The number of azo groups is 1. The summed E-state index contributed by atoms with van der Waals surface area (Å²) in [5.74, 6) is -0.516. The SMILES string of the molecule is O=C(NCC(O)c1ccccc1F)Nc1ccc(N=Nc2ccccc2)cc1. The highest BCUT2D eigenvalue weighted by molar-refractivity contribution is 5.89. The number of halogens is 1. The van der Waals surface area contributed by atoms with E-state index in [-0.39, 0.29) is 12.1 Å². The molecule has 3 N–H and O–H groups in total. The minimum Gasteiger partial charge on any atom is -0.386 e. The Kier molecular flexibility index (Phi) is 6.43. The van der Waals surface area contributed by atoms with E-state index in [4.69, 9.17) is 0 Å². The number of nitrogens with zero attached hydrogens (tertiary/aromatic N) is 2. The molecule has 3 rings (SSSR count). The Morgan fingerprint density at radius 3 is 2.18 bits per heavy atom. The third-order valence-corrected chi connectivity index (χ3v) is 3.88. The van der Waals surface area contributed by atoms with Gasteiger partial charge in [-0.3, -0.25) is 0 Å². The van der Waals surface area contributed by atoms with E-state index in [1.54, 1.807) is 30.3 Å². The minimum absolute atomic E-state index is 0.115. The Hall–Kier alpha value is -3.58. The molecule has 0 aliphatic rings. The van der Waals surface area contributed by atoms with Gasteiger partial charge in [-0.15, -0.1) is 0 Å². The maximum absolute atomic E-state index is 13.6. The van der Waals surface area contributed by atoms with Crippen molar-refractivity contribution in [2.75, 3.05) is 11.9 Å². The number of hydrogen-bond acceptors (Lipinski definition) is 4. The normalized spacial score (nSPS) is 11.9. The molecule has 2 amide bonds. The van der Waals surface area contributed by atoms with Crippen LogP contribution in [0.1, 0.15) is 11.7 Å². The molecule has 7 heteroatoms. The van der Waals surface area contributed by atoms with E-state index in [0.717, 1.165) is 5.69 Å². The van der Waals surface area contributed by atoms with E-state index >= 15 is 0 Å². The fourth-order valence-corrected chi connectivity index (χ4v) is 2.44. The zero-order chi connectivity index (χ0) is 19.8. The lowest BCUT2D eigenvalue weighted by Crippen LogP contribution is -2.32. The summed E-state index contributed by atoms with van der Waals surface area (Å²) in [6.45, 7) is -0.115. The molecular formula is C21H19FN4O2. The summed E-state index contributed by atoms with van der Waals surface area (Å²) in [6.07, 6.45) is -1.13. The Morgan fingerprint density at radius 1 is 0.893 bits per heavy atom. The standard InChI is InChI=1S/C21H19FN4O2/c22-19-9-5-4-8-18(19)20(27)14-23-21(28)24-15-10-12-17(13-11-15)26-25-16-6-2-1-3-7-16/h1-13,20,27H,14H2,(H2,23,24,28). The Bertz CT molecular complexity index is 946. The molecule has 28 heavy (non-hydrogen) atoms. The quantitative estimate of drug-likeness (QED) is 0.522. The Labute approximate surface area is 161 Å². The zero-order valence-electron chi connectivity index (χ0n) is 14.9. The van der Waals surface area contributed by atoms with Crippen molar-refractivity contribution in [3.63, 3.8) is 0 Å². The van der Waals surface area contributed by atoms with Crippen LogP contribution in [-0.4, -0.2) is 17.7 Å². The van der Waals surface area contributed by atoms with Crippen LogP contribution in [-0.2, 0) is 0 Å². The van der Waals surface area contributed by atoms with E-state index < -0.39 is 18.0 Å². The molecule has 1 atom stereocenters. The van der Waals surface area contributed by atoms with Gasteiger partial charge in [0.2, 0.25) is 0 Å². The Balaban J connectivity index is 1.50. The molecule has 0 saturated heterocycles. The molecule has 0 aromatic heterocycles. The second-order valence-corrected chi connectivity index (χ2v) is 5.95. The number of benzene rings is 3. The molecule has 0 heterocycles. The number of hydrogen-bond donors (Lipinski definition) is 3. The fourth-order valence-electron chi connectivity index (χ4n) is 2.44. The number of rotatable bonds is 6. The number of aliphatic hydroxyl groups is 1. The van der Waals surface area contributed by atoms with Gasteiger partial charge < -0.3 is 15.7 Å². The van der Waals surface area contributed by atoms with Crippen molar-refractivity contribution < 1.29 is 14.3 Å². The van der Waals surface area contributed by atoms with Gasteiger partial charge in [-0.1, -0.05) is 36.4 Å². The van der Waals surface area contributed by atoms with Crippen LogP contribution < -0.4 is 10.6 Å². The second-order valence-electron chi connectivity index (χ2n) is 5.95. The van der Waals surface area contributed by atoms with Gasteiger partial charge in [0.1, 0.15) is 5.82 Å². The zero-order valence-corrected chi connectivity index (χ0v) is 14.9. The van der Waals surface area contributed by atoms with Crippen LogP contribution in [0.2, 0.25) is 0 Å². The molecule has 0 fully saturated rings. The summed E-state index contributed by atoms with van der Waals surface area (Å²) in [4.78, 5) is 12.0. The predicted molar refractivity (Wildman–Crippen MR) is 105 cm³/mol. The average molecular weight is 378 g/mol. The topological polar surface area (TPSA) is 86.1 Å². The van der Waals surface area contributed by atoms with Gasteiger partial charge in [0.25, 0.3) is 0 Å². The molecule has 0 aliphatic heterocycles. The van der Waals surface area contributed by atoms with Crippen LogP contribution in [0.5, 0.6) is 0 Å². The van der Waals surface area contributed by atoms with Crippen LogP contribution >= 0.6 is 0 Å². The van der Waals surface area contributed by atoms with Gasteiger partial charge in [-0.05, 0) is 42.5 Å². The predicted octanol–water partition coefficient (Wildman–Crippen LogP) is 5.10. The summed E-state index contributed by atoms with van der Waals surface area (Å²) < 4.78 is 13.6. The van der Waals surface area contributed by atoms with E-state index in [1.165, 1.54) is 18.2 Å². The highest BCUT2D eigenvalue weighted by atomic mass is 19.1. The molecule has 6 nitrogen and oxygen atoms in total. The van der Waals surface area contributed by atoms with Crippen LogP contribution in [0.4, 0.5) is 26.2 Å². The first kappa shape index (κ1) is 19.2. The molecule has 0 saturated carbocycles. The summed E-state index contributed by atoms with van der Waals surface area (Å²) in [6, 6.07) is 21.6. The van der Waals surface area contributed by atoms with E-state index in [2.05, 4.69) is 20.9 Å². The van der Waals surface area contributed by atoms with E-state index in [9.17, 15) is 14.3 Å². The molecule has 3 aromatic rings. The van der Waals surface area contributed by atoms with E-state index in [1.807, 2.05) is 30.3 Å². The number of aliphatic hydroxyl groups excluding tert-OH is 1. The molecule has 142 valence electrons. The monoisotopic (exact) mass is 378 g/mol. The number of carbonyl (C=O) groups is 1. The molecule has 0 aliphatic carbocycles. The van der Waals surface area contributed by atoms with Crippen LogP contribution in [0, 0.1) is 5.82 Å². The smallest absolute Gasteiger partial charge is 0.319 e. The molecule has 0 bridgehead atoms. The molecule has 3 aromatic carbocycles. The largest absolute Gasteiger partial charge is 0.386 e. The average Bonchev–Trinajstić information content (AvgIpc) is 2.72. The third kappa shape index (κ3) is 5.46. The van der Waals surface area contributed by atoms with Gasteiger partial charge in [-0.25, -0.2) is 9.18 Å². The van der Waals surface area contributed by atoms with Crippen LogP contribution in [0.25, 0.3) is 0 Å². The van der Waals surface area contributed by atoms with Crippen molar-refractivity contribution in [1.82, 2.24) is 5.32 Å². The molecule has 1 unspecified atom stereocenters. The van der Waals surface area contributed by atoms with Gasteiger partial charge >= 0.3 is 6.03 Å². The number of nitrogens with one attached hydrogen (secondary N) is 2. The van der Waals surface area contributed by atoms with Gasteiger partial charge in [-0.2, -0.15) is 10.2 Å². The first-order valence-electron chi connectivity index (χ1n) is 8.66. The van der Waals surface area contributed by atoms with Crippen molar-refractivity contribution in [1.29, 1.82) is 0 Å². The number of urea groups is 1. The third-order valence-electron chi connectivity index (χ3n) is 3.88. The molecule has 0 radical (unpaired) electrons. The summed E-state index contributed by atoms with van der Waals surface area (Å²) in [5, 5.41) is 23.4. The lowest BCUT2D eigenvalue weighted by Gasteiger charge is -2.13. The van der Waals surface area contributed by atoms with Crippen molar-refractivity contribution in [3.05, 3.63) is 90.2 Å². The van der Waals surface area contributed by atoms with Gasteiger partial charge in [0, 0.05) is 17.8 Å². The summed E-state index contributed by atoms with van der Waals surface area (Å²) in [7, 11) is 0. The number of carbonyl (C=O) groups excluding carboxylic acids is 1. The molecule has 0 spiro atoms. The first-order chi connectivity index (χ1) is 13.6. The maximum Gasteiger partial charge on any atom is 0.319 e. The van der Waals surface area contributed by atoms with Crippen molar-refractivity contribution in [2.45, 2.75) is 6.10 Å². The Morgan fingerprint density at radius 2 is 1.50 bits per heavy atom. The van der Waals surface area contributed by atoms with Gasteiger partial charge in [0.05, 0.1) is 17.5 Å². The van der Waals surface area contributed by atoms with Crippen molar-refractivity contribution in [3.8, 4) is 0 Å². The van der Waals surface area contributed by atoms with Crippen molar-refractivity contribution >= 4 is 23.1 Å². The fraction of sp³-hybridized carbons (Fsp3) is 0.0952. The lowest BCUT2D eigenvalue weighted by molar-refractivity contribution is 0.170. The lowest BCUT2D eigenvalue weighted by atomic mass is 10.1. The van der Waals surface area contributed by atoms with Crippen molar-refractivity contribution in [2.24, 2.45) is 10.2 Å². The molecular weight excluding hydrogens is 359 g/mol. The van der Waals surface area contributed by atoms with Gasteiger partial charge in [0.15, 0.2) is 0 Å². The van der Waals surface area contributed by atoms with Crippen LogP contribution in [0.3, 0.4) is 0 Å². The highest BCUT2D eigenvalue weighted by Crippen LogP contribution is 2.20. The first-order valence-corrected chi connectivity index (χ1v) is 8.66. The minimum atomic E-state index is -1.13. The summed E-state index contributed by atoms with van der Waals surface area (Å²) in [5.41, 5.74) is 2.08. The highest BCUT2D eigenvalue weighted by Gasteiger charge is 2.13. The second kappa shape index (κ2) is 9.38. The number of anilines is 1. The van der Waals surface area contributed by atoms with E-state index in [0.29, 0.717) is 11.4 Å². The van der Waals surface area contributed by atoms with Crippen LogP contribution in [0.15, 0.2) is 89.1 Å². The maximum atomic E-state index is 13.6. The summed E-state index contributed by atoms with van der Waals surface area (Å²) >= 11 is 0. The number of amides is 2.